The Morgan fingerprint density at radius 2 is 2.10 bits per heavy atom. The fourth-order valence-corrected chi connectivity index (χ4v) is 1.93. The van der Waals surface area contributed by atoms with Gasteiger partial charge in [0.15, 0.2) is 0 Å². The topological polar surface area (TPSA) is 82.3 Å². The number of ether oxygens (including phenoxy) is 1. The number of aromatic hydroxyl groups is 1. The fourth-order valence-electron chi connectivity index (χ4n) is 1.71. The van der Waals surface area contributed by atoms with Crippen molar-refractivity contribution in [3.8, 4) is 17.6 Å². The number of amides is 1. The third-order valence-electron chi connectivity index (χ3n) is 2.80. The third-order valence-corrected chi connectivity index (χ3v) is 3.11. The molecule has 0 aliphatic heterocycles. The molecule has 21 heavy (non-hydrogen) atoms. The lowest BCUT2D eigenvalue weighted by Crippen LogP contribution is -2.12. The van der Waals surface area contributed by atoms with Crippen LogP contribution in [-0.4, -0.2) is 18.1 Å². The minimum atomic E-state index is -0.512. The molecule has 0 heterocycles. The molecule has 1 amide bonds. The van der Waals surface area contributed by atoms with Crippen LogP contribution in [0.4, 0.5) is 5.69 Å². The molecule has 0 atom stereocenters. The second-order valence-electron chi connectivity index (χ2n) is 4.14. The Labute approximate surface area is 126 Å². The molecule has 2 rings (SSSR count). The number of nitrogens with one attached hydrogen (secondary N) is 1. The summed E-state index contributed by atoms with van der Waals surface area (Å²) in [4.78, 5) is 12.1. The minimum Gasteiger partial charge on any atom is -0.507 e. The van der Waals surface area contributed by atoms with E-state index in [0.717, 1.165) is 0 Å². The predicted molar refractivity (Wildman–Crippen MR) is 78.8 cm³/mol. The maximum absolute atomic E-state index is 12.1. The van der Waals surface area contributed by atoms with Gasteiger partial charge < -0.3 is 15.2 Å². The van der Waals surface area contributed by atoms with Crippen LogP contribution in [0.3, 0.4) is 0 Å². The molecular formula is C15H11ClN2O3. The van der Waals surface area contributed by atoms with E-state index in [1.165, 1.54) is 37.4 Å². The number of hydrogen-bond donors (Lipinski definition) is 2. The molecular weight excluding hydrogens is 292 g/mol. The van der Waals surface area contributed by atoms with Crippen LogP contribution in [0.1, 0.15) is 15.9 Å². The van der Waals surface area contributed by atoms with E-state index in [0.29, 0.717) is 17.0 Å². The zero-order valence-corrected chi connectivity index (χ0v) is 11.8. The number of nitriles is 1. The standard InChI is InChI=1S/C15H11ClN2O3/c1-21-10-3-4-11(14(19)7-10)15(20)18-13-5-2-9(8-17)6-12(13)16/h2-7,19H,1H3,(H,18,20). The van der Waals surface area contributed by atoms with Crippen LogP contribution in [0.2, 0.25) is 5.02 Å². The number of methoxy groups -OCH3 is 1. The van der Waals surface area contributed by atoms with Gasteiger partial charge in [-0.1, -0.05) is 11.6 Å². The summed E-state index contributed by atoms with van der Waals surface area (Å²) in [5, 5.41) is 21.4. The number of anilines is 1. The van der Waals surface area contributed by atoms with Crippen molar-refractivity contribution < 1.29 is 14.6 Å². The number of carbonyl (C=O) groups excluding carboxylic acids is 1. The Balaban J connectivity index is 2.24. The van der Waals surface area contributed by atoms with Crippen molar-refractivity contribution in [2.45, 2.75) is 0 Å². The van der Waals surface area contributed by atoms with Crippen LogP contribution < -0.4 is 10.1 Å². The summed E-state index contributed by atoms with van der Waals surface area (Å²) < 4.78 is 4.95. The quantitative estimate of drug-likeness (QED) is 0.912. The molecule has 0 radical (unpaired) electrons. The van der Waals surface area contributed by atoms with Gasteiger partial charge in [0.05, 0.1) is 35.0 Å². The Morgan fingerprint density at radius 3 is 2.67 bits per heavy atom. The monoisotopic (exact) mass is 302 g/mol. The Hall–Kier alpha value is -2.71. The predicted octanol–water partition coefficient (Wildman–Crippen LogP) is 3.18. The summed E-state index contributed by atoms with van der Waals surface area (Å²) in [5.41, 5.74) is 0.845. The molecule has 0 saturated carbocycles. The van der Waals surface area contributed by atoms with Gasteiger partial charge in [-0.25, -0.2) is 0 Å². The average Bonchev–Trinajstić information content (AvgIpc) is 2.48. The first-order valence-corrected chi connectivity index (χ1v) is 6.31. The van der Waals surface area contributed by atoms with Crippen molar-refractivity contribution >= 4 is 23.2 Å². The van der Waals surface area contributed by atoms with Crippen molar-refractivity contribution in [1.82, 2.24) is 0 Å². The normalized spacial score (nSPS) is 9.76. The molecule has 2 aromatic carbocycles. The smallest absolute Gasteiger partial charge is 0.259 e. The second kappa shape index (κ2) is 6.16. The molecule has 0 saturated heterocycles. The highest BCUT2D eigenvalue weighted by atomic mass is 35.5. The largest absolute Gasteiger partial charge is 0.507 e. The Bertz CT molecular complexity index is 738. The molecule has 2 aromatic rings. The summed E-state index contributed by atoms with van der Waals surface area (Å²) in [5.74, 6) is -0.265. The molecule has 106 valence electrons. The number of carbonyl (C=O) groups is 1. The second-order valence-corrected chi connectivity index (χ2v) is 4.55. The Kier molecular flexibility index (Phi) is 4.31. The third kappa shape index (κ3) is 3.25. The van der Waals surface area contributed by atoms with Crippen molar-refractivity contribution in [2.75, 3.05) is 12.4 Å². The number of rotatable bonds is 3. The van der Waals surface area contributed by atoms with Crippen molar-refractivity contribution in [1.29, 1.82) is 5.26 Å². The highest BCUT2D eigenvalue weighted by molar-refractivity contribution is 6.34. The number of nitrogens with zero attached hydrogens (tertiary/aromatic N) is 1. The van der Waals surface area contributed by atoms with Crippen LogP contribution in [0, 0.1) is 11.3 Å². The summed E-state index contributed by atoms with van der Waals surface area (Å²) in [6.07, 6.45) is 0. The molecule has 0 unspecified atom stereocenters. The van der Waals surface area contributed by atoms with E-state index < -0.39 is 5.91 Å². The molecule has 2 N–H and O–H groups in total. The van der Waals surface area contributed by atoms with E-state index in [4.69, 9.17) is 21.6 Å². The van der Waals surface area contributed by atoms with Crippen LogP contribution >= 0.6 is 11.6 Å². The van der Waals surface area contributed by atoms with Gasteiger partial charge in [0.1, 0.15) is 11.5 Å². The SMILES string of the molecule is COc1ccc(C(=O)Nc2ccc(C#N)cc2Cl)c(O)c1. The van der Waals surface area contributed by atoms with E-state index in [2.05, 4.69) is 5.32 Å². The molecule has 0 aromatic heterocycles. The van der Waals surface area contributed by atoms with E-state index >= 15 is 0 Å². The van der Waals surface area contributed by atoms with Gasteiger partial charge >= 0.3 is 0 Å². The first-order valence-electron chi connectivity index (χ1n) is 5.93. The zero-order valence-electron chi connectivity index (χ0n) is 11.1. The highest BCUT2D eigenvalue weighted by Gasteiger charge is 2.13. The number of halogens is 1. The molecule has 6 heteroatoms. The van der Waals surface area contributed by atoms with E-state index in [-0.39, 0.29) is 16.3 Å². The van der Waals surface area contributed by atoms with Crippen molar-refractivity contribution in [3.05, 3.63) is 52.5 Å². The van der Waals surface area contributed by atoms with Gasteiger partial charge in [-0.2, -0.15) is 5.26 Å². The summed E-state index contributed by atoms with van der Waals surface area (Å²) >= 11 is 5.98. The summed E-state index contributed by atoms with van der Waals surface area (Å²) in [7, 11) is 1.46. The van der Waals surface area contributed by atoms with E-state index in [9.17, 15) is 9.90 Å². The average molecular weight is 303 g/mol. The van der Waals surface area contributed by atoms with Crippen LogP contribution in [0.5, 0.6) is 11.5 Å². The van der Waals surface area contributed by atoms with Crippen molar-refractivity contribution in [3.63, 3.8) is 0 Å². The number of benzene rings is 2. The highest BCUT2D eigenvalue weighted by Crippen LogP contribution is 2.27. The summed E-state index contributed by atoms with van der Waals surface area (Å²) in [6.45, 7) is 0. The molecule has 0 aliphatic rings. The van der Waals surface area contributed by atoms with Gasteiger partial charge in [-0.05, 0) is 30.3 Å². The molecule has 0 bridgehead atoms. The van der Waals surface area contributed by atoms with Crippen molar-refractivity contribution in [2.24, 2.45) is 0 Å². The van der Waals surface area contributed by atoms with Crippen LogP contribution in [0.15, 0.2) is 36.4 Å². The molecule has 0 spiro atoms. The lowest BCUT2D eigenvalue weighted by atomic mass is 10.1. The maximum atomic E-state index is 12.1. The first kappa shape index (κ1) is 14.7. The van der Waals surface area contributed by atoms with Gasteiger partial charge in [-0.15, -0.1) is 0 Å². The van der Waals surface area contributed by atoms with Crippen LogP contribution in [0.25, 0.3) is 0 Å². The zero-order chi connectivity index (χ0) is 15.4. The number of hydrogen-bond acceptors (Lipinski definition) is 4. The maximum Gasteiger partial charge on any atom is 0.259 e. The molecule has 5 nitrogen and oxygen atoms in total. The van der Waals surface area contributed by atoms with E-state index in [1.807, 2.05) is 6.07 Å². The van der Waals surface area contributed by atoms with Gasteiger partial charge in [0.25, 0.3) is 5.91 Å². The van der Waals surface area contributed by atoms with E-state index in [1.54, 1.807) is 6.07 Å². The molecule has 0 aliphatic carbocycles. The van der Waals surface area contributed by atoms with Gasteiger partial charge in [-0.3, -0.25) is 4.79 Å². The lowest BCUT2D eigenvalue weighted by Gasteiger charge is -2.09. The van der Waals surface area contributed by atoms with Crippen LogP contribution in [-0.2, 0) is 0 Å². The Morgan fingerprint density at radius 1 is 1.33 bits per heavy atom. The minimum absolute atomic E-state index is 0.0937. The summed E-state index contributed by atoms with van der Waals surface area (Å²) in [6, 6.07) is 10.8. The fraction of sp³-hybridized carbons (Fsp3) is 0.0667. The number of phenols is 1. The van der Waals surface area contributed by atoms with Gasteiger partial charge in [0.2, 0.25) is 0 Å². The lowest BCUT2D eigenvalue weighted by molar-refractivity contribution is 0.102. The number of phenolic OH excluding ortho intramolecular Hbond substituents is 1. The molecule has 0 fully saturated rings. The first-order chi connectivity index (χ1) is 10.0. The van der Waals surface area contributed by atoms with Gasteiger partial charge in [0, 0.05) is 6.07 Å².